The molecule has 0 radical (unpaired) electrons. The first-order valence-electron chi connectivity index (χ1n) is 12.1. The number of hydrogen-bond donors (Lipinski definition) is 2. The molecule has 35 heavy (non-hydrogen) atoms. The number of aryl methyl sites for hydroxylation is 1. The van der Waals surface area contributed by atoms with Crippen LogP contribution in [-0.4, -0.2) is 30.2 Å². The number of carboxylic acid groups (broad SMARTS) is 1. The number of rotatable bonds is 6. The Balaban J connectivity index is 1.52. The molecule has 180 valence electrons. The average molecular weight is 472 g/mol. The lowest BCUT2D eigenvalue weighted by molar-refractivity contribution is 0.0685. The van der Waals surface area contributed by atoms with Gasteiger partial charge >= 0.3 is 5.97 Å². The highest BCUT2D eigenvalue weighted by Crippen LogP contribution is 2.29. The van der Waals surface area contributed by atoms with Gasteiger partial charge in [-0.2, -0.15) is 4.98 Å². The minimum Gasteiger partial charge on any atom is -0.477 e. The summed E-state index contributed by atoms with van der Waals surface area (Å²) in [6.07, 6.45) is 8.30. The fourth-order valence-corrected chi connectivity index (χ4v) is 5.01. The summed E-state index contributed by atoms with van der Waals surface area (Å²) in [7, 11) is 0. The standard InChI is InChI=1S/C27H29N5O3/c1-18-22-13-14-24(33)32(21-11-7-2-3-8-12-21)25(22)30-27(28-18)29-20-15-23(26(34)35)31(17-20)16-19-9-5-4-6-10-19/h4-6,9-10,13-15,17,21H,2-3,7-8,11-12,16H2,1H3,(H,34,35)(H,28,29,30). The van der Waals surface area contributed by atoms with Crippen molar-refractivity contribution >= 4 is 28.6 Å². The average Bonchev–Trinajstić information content (AvgIpc) is 3.04. The first-order chi connectivity index (χ1) is 17.0. The molecule has 3 aromatic heterocycles. The van der Waals surface area contributed by atoms with E-state index in [1.807, 2.05) is 41.8 Å². The number of hydrogen-bond acceptors (Lipinski definition) is 5. The molecule has 4 aromatic rings. The van der Waals surface area contributed by atoms with Gasteiger partial charge in [0.15, 0.2) is 0 Å². The fourth-order valence-electron chi connectivity index (χ4n) is 5.01. The minimum atomic E-state index is -1.01. The molecule has 0 spiro atoms. The van der Waals surface area contributed by atoms with E-state index in [0.717, 1.165) is 42.3 Å². The van der Waals surface area contributed by atoms with E-state index in [0.29, 0.717) is 23.8 Å². The number of aromatic nitrogens is 4. The van der Waals surface area contributed by atoms with E-state index in [9.17, 15) is 14.7 Å². The minimum absolute atomic E-state index is 0.0457. The first kappa shape index (κ1) is 22.8. The Bertz CT molecular complexity index is 1420. The predicted octanol–water partition coefficient (Wildman–Crippen LogP) is 5.29. The number of benzene rings is 1. The zero-order valence-electron chi connectivity index (χ0n) is 19.8. The van der Waals surface area contributed by atoms with Gasteiger partial charge in [-0.1, -0.05) is 56.0 Å². The van der Waals surface area contributed by atoms with Crippen LogP contribution in [0.2, 0.25) is 0 Å². The molecule has 8 heteroatoms. The number of anilines is 2. The Morgan fingerprint density at radius 1 is 1.06 bits per heavy atom. The van der Waals surface area contributed by atoms with Gasteiger partial charge in [0.25, 0.3) is 5.56 Å². The zero-order valence-corrected chi connectivity index (χ0v) is 19.8. The summed E-state index contributed by atoms with van der Waals surface area (Å²) in [6.45, 7) is 2.34. The zero-order chi connectivity index (χ0) is 24.4. The molecule has 5 rings (SSSR count). The molecule has 1 fully saturated rings. The molecule has 0 unspecified atom stereocenters. The van der Waals surface area contributed by atoms with E-state index >= 15 is 0 Å². The van der Waals surface area contributed by atoms with E-state index < -0.39 is 5.97 Å². The van der Waals surface area contributed by atoms with Crippen molar-refractivity contribution in [1.29, 1.82) is 0 Å². The van der Waals surface area contributed by atoms with Crippen LogP contribution in [0.3, 0.4) is 0 Å². The quantitative estimate of drug-likeness (QED) is 0.371. The maximum Gasteiger partial charge on any atom is 0.352 e. The third-order valence-corrected chi connectivity index (χ3v) is 6.73. The van der Waals surface area contributed by atoms with E-state index in [2.05, 4.69) is 10.3 Å². The van der Waals surface area contributed by atoms with Crippen LogP contribution < -0.4 is 10.9 Å². The number of carbonyl (C=O) groups is 1. The SMILES string of the molecule is Cc1nc(Nc2cc(C(=O)O)n(Cc3ccccc3)c2)nc2c1ccc(=O)n2C1CCCCCC1. The van der Waals surface area contributed by atoms with Gasteiger partial charge in [0.1, 0.15) is 11.3 Å². The van der Waals surface area contributed by atoms with Crippen molar-refractivity contribution in [2.45, 2.75) is 58.0 Å². The van der Waals surface area contributed by atoms with E-state index in [4.69, 9.17) is 4.98 Å². The second-order valence-electron chi connectivity index (χ2n) is 9.21. The van der Waals surface area contributed by atoms with Crippen LogP contribution in [0.1, 0.15) is 66.3 Å². The predicted molar refractivity (Wildman–Crippen MR) is 135 cm³/mol. The molecular weight excluding hydrogens is 442 g/mol. The van der Waals surface area contributed by atoms with Crippen LogP contribution in [0.15, 0.2) is 59.5 Å². The van der Waals surface area contributed by atoms with Crippen LogP contribution in [-0.2, 0) is 6.54 Å². The molecule has 1 saturated carbocycles. The highest BCUT2D eigenvalue weighted by Gasteiger charge is 2.20. The van der Waals surface area contributed by atoms with Gasteiger partial charge in [-0.3, -0.25) is 9.36 Å². The smallest absolute Gasteiger partial charge is 0.352 e. The number of aromatic carboxylic acids is 1. The second-order valence-corrected chi connectivity index (χ2v) is 9.21. The molecule has 1 aliphatic rings. The number of nitrogens with zero attached hydrogens (tertiary/aromatic N) is 4. The summed E-state index contributed by atoms with van der Waals surface area (Å²) in [5.74, 6) is -0.663. The highest BCUT2D eigenvalue weighted by molar-refractivity contribution is 5.88. The van der Waals surface area contributed by atoms with Gasteiger partial charge < -0.3 is 15.0 Å². The van der Waals surface area contributed by atoms with Gasteiger partial charge in [0.05, 0.1) is 11.4 Å². The number of nitrogens with one attached hydrogen (secondary N) is 1. The summed E-state index contributed by atoms with van der Waals surface area (Å²) < 4.78 is 3.53. The number of carboxylic acids is 1. The molecule has 2 N–H and O–H groups in total. The normalized spacial score (nSPS) is 14.7. The molecule has 0 saturated heterocycles. The van der Waals surface area contributed by atoms with Crippen LogP contribution in [0.4, 0.5) is 11.6 Å². The number of pyridine rings is 1. The molecule has 0 aliphatic heterocycles. The van der Waals surface area contributed by atoms with Crippen LogP contribution in [0.25, 0.3) is 11.0 Å². The Kier molecular flexibility index (Phi) is 6.35. The van der Waals surface area contributed by atoms with Gasteiger partial charge in [-0.15, -0.1) is 0 Å². The van der Waals surface area contributed by atoms with Gasteiger partial charge in [-0.05, 0) is 37.5 Å². The largest absolute Gasteiger partial charge is 0.477 e. The fraction of sp³-hybridized carbons (Fsp3) is 0.333. The molecule has 0 atom stereocenters. The number of fused-ring (bicyclic) bond motifs is 1. The third-order valence-electron chi connectivity index (χ3n) is 6.73. The van der Waals surface area contributed by atoms with Crippen LogP contribution in [0.5, 0.6) is 0 Å². The summed E-state index contributed by atoms with van der Waals surface area (Å²) in [6, 6.07) is 14.8. The van der Waals surface area contributed by atoms with Crippen molar-refractivity contribution in [1.82, 2.24) is 19.1 Å². The van der Waals surface area contributed by atoms with Crippen molar-refractivity contribution in [3.05, 3.63) is 82.0 Å². The molecule has 3 heterocycles. The topological polar surface area (TPSA) is 102 Å². The Morgan fingerprint density at radius 2 is 1.80 bits per heavy atom. The van der Waals surface area contributed by atoms with Gasteiger partial charge in [-0.25, -0.2) is 9.78 Å². The van der Waals surface area contributed by atoms with E-state index in [1.54, 1.807) is 29.0 Å². The van der Waals surface area contributed by atoms with Gasteiger partial charge in [0, 0.05) is 30.2 Å². The Morgan fingerprint density at radius 3 is 2.51 bits per heavy atom. The summed E-state index contributed by atoms with van der Waals surface area (Å²) in [5, 5.41) is 13.8. The monoisotopic (exact) mass is 471 g/mol. The third kappa shape index (κ3) is 4.82. The molecule has 0 amide bonds. The second kappa shape index (κ2) is 9.74. The molecule has 1 aromatic carbocycles. The first-order valence-corrected chi connectivity index (χ1v) is 12.1. The van der Waals surface area contributed by atoms with Crippen molar-refractivity contribution in [2.24, 2.45) is 0 Å². The lowest BCUT2D eigenvalue weighted by Crippen LogP contribution is -2.25. The molecule has 0 bridgehead atoms. The van der Waals surface area contributed by atoms with Crippen molar-refractivity contribution in [3.63, 3.8) is 0 Å². The van der Waals surface area contributed by atoms with Crippen molar-refractivity contribution < 1.29 is 9.90 Å². The summed E-state index contributed by atoms with van der Waals surface area (Å²) >= 11 is 0. The van der Waals surface area contributed by atoms with Crippen molar-refractivity contribution in [3.8, 4) is 0 Å². The Hall–Kier alpha value is -3.94. The summed E-state index contributed by atoms with van der Waals surface area (Å²) in [4.78, 5) is 34.2. The van der Waals surface area contributed by atoms with E-state index in [-0.39, 0.29) is 17.3 Å². The van der Waals surface area contributed by atoms with Crippen molar-refractivity contribution in [2.75, 3.05) is 5.32 Å². The maximum absolute atomic E-state index is 12.9. The Labute approximate surface area is 203 Å². The maximum atomic E-state index is 12.9. The lowest BCUT2D eigenvalue weighted by atomic mass is 10.1. The van der Waals surface area contributed by atoms with Gasteiger partial charge in [0.2, 0.25) is 5.95 Å². The van der Waals surface area contributed by atoms with Crippen LogP contribution >= 0.6 is 0 Å². The van der Waals surface area contributed by atoms with E-state index in [1.165, 1.54) is 12.8 Å². The molecule has 1 aliphatic carbocycles. The van der Waals surface area contributed by atoms with Crippen LogP contribution in [0, 0.1) is 6.92 Å². The lowest BCUT2D eigenvalue weighted by Gasteiger charge is -2.20. The summed E-state index contributed by atoms with van der Waals surface area (Å²) in [5.41, 5.74) is 3.10. The highest BCUT2D eigenvalue weighted by atomic mass is 16.4. The molecule has 8 nitrogen and oxygen atoms in total. The molecular formula is C27H29N5O3.